The smallest absolute Gasteiger partial charge is 0.310 e. The van der Waals surface area contributed by atoms with E-state index in [4.69, 9.17) is 9.47 Å². The fourth-order valence-electron chi connectivity index (χ4n) is 2.14. The molecule has 1 aliphatic rings. The van der Waals surface area contributed by atoms with Crippen molar-refractivity contribution >= 4 is 11.9 Å². The number of rotatable bonds is 6. The van der Waals surface area contributed by atoms with E-state index in [0.29, 0.717) is 19.8 Å². The van der Waals surface area contributed by atoms with Crippen LogP contribution in [-0.4, -0.2) is 50.7 Å². The van der Waals surface area contributed by atoms with E-state index in [1.54, 1.807) is 13.8 Å². The van der Waals surface area contributed by atoms with Crippen molar-refractivity contribution in [3.8, 4) is 0 Å². The molecule has 5 nitrogen and oxygen atoms in total. The number of esters is 2. The van der Waals surface area contributed by atoms with E-state index in [1.807, 2.05) is 19.0 Å². The molecule has 0 radical (unpaired) electrons. The molecule has 17 heavy (non-hydrogen) atoms. The molecule has 0 amide bonds. The summed E-state index contributed by atoms with van der Waals surface area (Å²) in [5, 5.41) is 0. The maximum Gasteiger partial charge on any atom is 0.310 e. The lowest BCUT2D eigenvalue weighted by atomic mass is 10.3. The van der Waals surface area contributed by atoms with Gasteiger partial charge >= 0.3 is 11.9 Å². The first-order valence-electron chi connectivity index (χ1n) is 6.00. The van der Waals surface area contributed by atoms with Crippen molar-refractivity contribution in [3.63, 3.8) is 0 Å². The molecule has 0 aliphatic heterocycles. The van der Waals surface area contributed by atoms with Crippen molar-refractivity contribution in [3.05, 3.63) is 0 Å². The maximum absolute atomic E-state index is 11.7. The van der Waals surface area contributed by atoms with Crippen LogP contribution in [0.25, 0.3) is 0 Å². The van der Waals surface area contributed by atoms with Crippen LogP contribution in [0.3, 0.4) is 0 Å². The number of nitrogens with zero attached hydrogens (tertiary/aromatic N) is 1. The van der Waals surface area contributed by atoms with Gasteiger partial charge in [-0.05, 0) is 33.9 Å². The van der Waals surface area contributed by atoms with Crippen LogP contribution in [0.1, 0.15) is 13.8 Å². The van der Waals surface area contributed by atoms with Gasteiger partial charge in [0.1, 0.15) is 0 Å². The van der Waals surface area contributed by atoms with Crippen molar-refractivity contribution in [1.29, 1.82) is 0 Å². The average molecular weight is 243 g/mol. The lowest BCUT2D eigenvalue weighted by molar-refractivity contribution is -0.150. The highest BCUT2D eigenvalue weighted by atomic mass is 16.5. The van der Waals surface area contributed by atoms with Gasteiger partial charge in [0.25, 0.3) is 0 Å². The Bertz CT molecular complexity index is 266. The Hall–Kier alpha value is -1.10. The van der Waals surface area contributed by atoms with Crippen molar-refractivity contribution in [2.75, 3.05) is 33.9 Å². The van der Waals surface area contributed by atoms with Gasteiger partial charge in [0.05, 0.1) is 25.0 Å². The highest BCUT2D eigenvalue weighted by molar-refractivity contribution is 5.88. The van der Waals surface area contributed by atoms with E-state index in [-0.39, 0.29) is 29.7 Å². The molecule has 1 aliphatic carbocycles. The van der Waals surface area contributed by atoms with Crippen LogP contribution in [0, 0.1) is 17.8 Å². The second kappa shape index (κ2) is 6.00. The Morgan fingerprint density at radius 2 is 1.41 bits per heavy atom. The first kappa shape index (κ1) is 14.0. The molecule has 0 spiro atoms. The normalized spacial score (nSPS) is 26.8. The molecule has 0 bridgehead atoms. The predicted octanol–water partition coefficient (Wildman–Crippen LogP) is 0.536. The number of carbonyl (C=O) groups is 2. The molecule has 1 rings (SSSR count). The van der Waals surface area contributed by atoms with Crippen LogP contribution >= 0.6 is 0 Å². The summed E-state index contributed by atoms with van der Waals surface area (Å²) in [5.41, 5.74) is 0. The van der Waals surface area contributed by atoms with Gasteiger partial charge in [-0.15, -0.1) is 0 Å². The SMILES string of the molecule is CCOC(=O)[C@@H]1C(CN(C)C)[C@@H]1C(=O)OCC. The van der Waals surface area contributed by atoms with E-state index in [1.165, 1.54) is 0 Å². The largest absolute Gasteiger partial charge is 0.466 e. The maximum atomic E-state index is 11.7. The standard InChI is InChI=1S/C12H21NO4/c1-5-16-11(14)9-8(7-13(3)4)10(9)12(15)17-6-2/h8-10H,5-7H2,1-4H3/t8?,9-,10+. The number of ether oxygens (including phenoxy) is 2. The first-order chi connectivity index (χ1) is 8.02. The monoisotopic (exact) mass is 243 g/mol. The number of hydrogen-bond acceptors (Lipinski definition) is 5. The van der Waals surface area contributed by atoms with Crippen LogP contribution < -0.4 is 0 Å². The number of hydrogen-bond donors (Lipinski definition) is 0. The van der Waals surface area contributed by atoms with Gasteiger partial charge in [-0.3, -0.25) is 9.59 Å². The molecule has 98 valence electrons. The summed E-state index contributed by atoms with van der Waals surface area (Å²) < 4.78 is 9.94. The lowest BCUT2D eigenvalue weighted by Crippen LogP contribution is -2.18. The minimum atomic E-state index is -0.323. The van der Waals surface area contributed by atoms with Gasteiger partial charge in [0, 0.05) is 6.54 Å². The van der Waals surface area contributed by atoms with Crippen LogP contribution in [-0.2, 0) is 19.1 Å². The highest BCUT2D eigenvalue weighted by Gasteiger charge is 2.60. The molecule has 1 fully saturated rings. The molecule has 3 atom stereocenters. The van der Waals surface area contributed by atoms with Crippen LogP contribution in [0.15, 0.2) is 0 Å². The van der Waals surface area contributed by atoms with Crippen molar-refractivity contribution in [2.45, 2.75) is 13.8 Å². The van der Waals surface area contributed by atoms with E-state index < -0.39 is 0 Å². The van der Waals surface area contributed by atoms with E-state index >= 15 is 0 Å². The quantitative estimate of drug-likeness (QED) is 0.637. The zero-order valence-electron chi connectivity index (χ0n) is 10.9. The molecule has 0 N–H and O–H groups in total. The molecular weight excluding hydrogens is 222 g/mol. The van der Waals surface area contributed by atoms with Crippen LogP contribution in [0.5, 0.6) is 0 Å². The molecule has 0 heterocycles. The van der Waals surface area contributed by atoms with Crippen molar-refractivity contribution < 1.29 is 19.1 Å². The molecule has 1 saturated carbocycles. The van der Waals surface area contributed by atoms with Crippen molar-refractivity contribution in [1.82, 2.24) is 4.90 Å². The van der Waals surface area contributed by atoms with Crippen LogP contribution in [0.2, 0.25) is 0 Å². The highest BCUT2D eigenvalue weighted by Crippen LogP contribution is 2.48. The Kier molecular flexibility index (Phi) is 4.93. The molecule has 5 heteroatoms. The second-order valence-electron chi connectivity index (χ2n) is 4.48. The van der Waals surface area contributed by atoms with E-state index in [0.717, 1.165) is 0 Å². The average Bonchev–Trinajstić information content (AvgIpc) is 2.91. The topological polar surface area (TPSA) is 55.8 Å². The van der Waals surface area contributed by atoms with Gasteiger partial charge in [-0.25, -0.2) is 0 Å². The summed E-state index contributed by atoms with van der Waals surface area (Å²) >= 11 is 0. The zero-order valence-corrected chi connectivity index (χ0v) is 10.9. The Labute approximate surface area is 102 Å². The summed E-state index contributed by atoms with van der Waals surface area (Å²) in [6.07, 6.45) is 0. The minimum absolute atomic E-state index is 0.0306. The third-order valence-corrected chi connectivity index (χ3v) is 2.86. The molecule has 1 unspecified atom stereocenters. The summed E-state index contributed by atoms with van der Waals surface area (Å²) in [4.78, 5) is 25.3. The Balaban J connectivity index is 2.60. The fourth-order valence-corrected chi connectivity index (χ4v) is 2.14. The van der Waals surface area contributed by atoms with E-state index in [2.05, 4.69) is 0 Å². The van der Waals surface area contributed by atoms with Crippen LogP contribution in [0.4, 0.5) is 0 Å². The molecule has 0 aromatic rings. The second-order valence-corrected chi connectivity index (χ2v) is 4.48. The summed E-state index contributed by atoms with van der Waals surface area (Å²) in [5.74, 6) is -1.18. The van der Waals surface area contributed by atoms with Gasteiger partial charge in [-0.1, -0.05) is 0 Å². The fraction of sp³-hybridized carbons (Fsp3) is 0.833. The van der Waals surface area contributed by atoms with Gasteiger partial charge in [0.15, 0.2) is 0 Å². The first-order valence-corrected chi connectivity index (χ1v) is 6.00. The molecule has 0 aromatic heterocycles. The van der Waals surface area contributed by atoms with Gasteiger partial charge in [0.2, 0.25) is 0 Å². The van der Waals surface area contributed by atoms with E-state index in [9.17, 15) is 9.59 Å². The molecular formula is C12H21NO4. The van der Waals surface area contributed by atoms with Crippen molar-refractivity contribution in [2.24, 2.45) is 17.8 Å². The van der Waals surface area contributed by atoms with Gasteiger partial charge in [-0.2, -0.15) is 0 Å². The zero-order chi connectivity index (χ0) is 13.0. The third-order valence-electron chi connectivity index (χ3n) is 2.86. The molecule has 0 saturated heterocycles. The predicted molar refractivity (Wildman–Crippen MR) is 62.3 cm³/mol. The third kappa shape index (κ3) is 3.43. The summed E-state index contributed by atoms with van der Waals surface area (Å²) in [6, 6.07) is 0. The number of carbonyl (C=O) groups excluding carboxylic acids is 2. The Morgan fingerprint density at radius 3 is 1.71 bits per heavy atom. The Morgan fingerprint density at radius 1 is 1.00 bits per heavy atom. The minimum Gasteiger partial charge on any atom is -0.466 e. The lowest BCUT2D eigenvalue weighted by Gasteiger charge is -2.08. The van der Waals surface area contributed by atoms with Gasteiger partial charge < -0.3 is 14.4 Å². The summed E-state index contributed by atoms with van der Waals surface area (Å²) in [6.45, 7) is 4.92. The summed E-state index contributed by atoms with van der Waals surface area (Å²) in [7, 11) is 3.84. The molecule has 0 aromatic carbocycles.